The minimum atomic E-state index is -1.14. The quantitative estimate of drug-likeness (QED) is 0.545. The fraction of sp³-hybridized carbons (Fsp3) is 0.533. The molecule has 2 aromatic carbocycles. The van der Waals surface area contributed by atoms with Crippen molar-refractivity contribution >= 4 is 11.6 Å². The van der Waals surface area contributed by atoms with E-state index in [4.69, 9.17) is 10.2 Å². The second-order valence-electron chi connectivity index (χ2n) is 10.5. The third-order valence-corrected chi connectivity index (χ3v) is 6.18. The van der Waals surface area contributed by atoms with E-state index in [0.29, 0.717) is 0 Å². The summed E-state index contributed by atoms with van der Waals surface area (Å²) < 4.78 is 0. The molecule has 3 rings (SSSR count). The molecule has 1 unspecified atom stereocenters. The molecular weight excluding hydrogens is 424 g/mol. The van der Waals surface area contributed by atoms with Gasteiger partial charge in [0.25, 0.3) is 0 Å². The van der Waals surface area contributed by atoms with Crippen LogP contribution in [0.3, 0.4) is 0 Å². The van der Waals surface area contributed by atoms with Gasteiger partial charge in [-0.25, -0.2) is 0 Å². The molecule has 2 N–H and O–H groups in total. The Balaban J connectivity index is 0.000000569. The summed E-state index contributed by atoms with van der Waals surface area (Å²) in [5, 5.41) is 17.5. The maximum atomic E-state index is 10.2. The highest BCUT2D eigenvalue weighted by molar-refractivity contribution is 5.83. The molecule has 0 bridgehead atoms. The van der Waals surface area contributed by atoms with Gasteiger partial charge < -0.3 is 10.2 Å². The van der Waals surface area contributed by atoms with Crippen LogP contribution in [0.5, 0.6) is 0 Å². The minimum Gasteiger partial charge on any atom is -0.383 e. The van der Waals surface area contributed by atoms with Gasteiger partial charge in [0, 0.05) is 5.41 Å². The zero-order chi connectivity index (χ0) is 27.0. The number of carbonyl (C=O) groups is 2. The number of aliphatic hydroxyl groups is 2. The minimum absolute atomic E-state index is 0.154. The highest BCUT2D eigenvalue weighted by Gasteiger charge is 2.45. The van der Waals surface area contributed by atoms with E-state index in [1.165, 1.54) is 64.7 Å². The SMILES string of the molecule is CC.CC(=O)C(C)(C)O.CC(=O)C(C)(C)O.CC1(C)CC(C)(c2ccccc2)c2ccccc21. The zero-order valence-corrected chi connectivity index (χ0v) is 23.1. The predicted molar refractivity (Wildman–Crippen MR) is 142 cm³/mol. The second-order valence-corrected chi connectivity index (χ2v) is 10.5. The lowest BCUT2D eigenvalue weighted by atomic mass is 9.75. The molecule has 1 aliphatic carbocycles. The number of carbonyl (C=O) groups excluding carboxylic acids is 2. The Morgan fingerprint density at radius 2 is 1.03 bits per heavy atom. The second kappa shape index (κ2) is 12.4. The van der Waals surface area contributed by atoms with Crippen LogP contribution in [-0.2, 0) is 20.4 Å². The summed E-state index contributed by atoms with van der Waals surface area (Å²) in [7, 11) is 0. The van der Waals surface area contributed by atoms with Gasteiger partial charge in [-0.05, 0) is 70.1 Å². The molecule has 2 aromatic rings. The Hall–Kier alpha value is -2.30. The molecule has 0 spiro atoms. The lowest BCUT2D eigenvalue weighted by Gasteiger charge is -2.28. The van der Waals surface area contributed by atoms with Crippen molar-refractivity contribution in [1.82, 2.24) is 0 Å². The lowest BCUT2D eigenvalue weighted by molar-refractivity contribution is -0.132. The van der Waals surface area contributed by atoms with Gasteiger partial charge in [0.05, 0.1) is 0 Å². The molecule has 0 aromatic heterocycles. The van der Waals surface area contributed by atoms with Crippen molar-refractivity contribution in [2.75, 3.05) is 0 Å². The summed E-state index contributed by atoms with van der Waals surface area (Å²) in [5.41, 5.74) is 2.59. The molecule has 4 nitrogen and oxygen atoms in total. The number of hydrogen-bond donors (Lipinski definition) is 2. The van der Waals surface area contributed by atoms with Gasteiger partial charge in [0.2, 0.25) is 0 Å². The van der Waals surface area contributed by atoms with E-state index in [0.717, 1.165) is 0 Å². The van der Waals surface area contributed by atoms with Gasteiger partial charge in [0.1, 0.15) is 11.2 Å². The topological polar surface area (TPSA) is 74.6 Å². The number of hydrogen-bond acceptors (Lipinski definition) is 4. The Bertz CT molecular complexity index is 891. The fourth-order valence-electron chi connectivity index (χ4n) is 3.69. The molecule has 0 amide bonds. The number of benzene rings is 2. The monoisotopic (exact) mass is 470 g/mol. The average molecular weight is 471 g/mol. The van der Waals surface area contributed by atoms with Gasteiger partial charge in [-0.1, -0.05) is 89.2 Å². The molecule has 0 radical (unpaired) electrons. The van der Waals surface area contributed by atoms with Crippen LogP contribution in [0.2, 0.25) is 0 Å². The molecule has 0 fully saturated rings. The van der Waals surface area contributed by atoms with Crippen LogP contribution >= 0.6 is 0 Å². The maximum Gasteiger partial charge on any atom is 0.160 e. The molecule has 0 saturated carbocycles. The molecule has 0 heterocycles. The van der Waals surface area contributed by atoms with Crippen molar-refractivity contribution in [2.45, 2.75) is 105 Å². The van der Waals surface area contributed by atoms with Crippen LogP contribution in [0.4, 0.5) is 0 Å². The Kier molecular flexibility index (Phi) is 11.6. The van der Waals surface area contributed by atoms with E-state index in [1.807, 2.05) is 13.8 Å². The molecule has 190 valence electrons. The first kappa shape index (κ1) is 31.7. The van der Waals surface area contributed by atoms with Gasteiger partial charge in [-0.2, -0.15) is 0 Å². The van der Waals surface area contributed by atoms with Crippen LogP contribution in [0.25, 0.3) is 0 Å². The van der Waals surface area contributed by atoms with E-state index in [-0.39, 0.29) is 22.4 Å². The molecule has 1 atom stereocenters. The number of ketones is 2. The van der Waals surface area contributed by atoms with Crippen molar-refractivity contribution in [2.24, 2.45) is 0 Å². The largest absolute Gasteiger partial charge is 0.383 e. The molecular formula is C30H46O4. The average Bonchev–Trinajstić information content (AvgIpc) is 2.96. The van der Waals surface area contributed by atoms with Crippen LogP contribution in [0.15, 0.2) is 54.6 Å². The third kappa shape index (κ3) is 8.81. The third-order valence-electron chi connectivity index (χ3n) is 6.18. The van der Waals surface area contributed by atoms with E-state index < -0.39 is 11.2 Å². The van der Waals surface area contributed by atoms with Crippen LogP contribution in [0, 0.1) is 0 Å². The summed E-state index contributed by atoms with van der Waals surface area (Å²) in [4.78, 5) is 20.4. The van der Waals surface area contributed by atoms with Gasteiger partial charge in [0.15, 0.2) is 11.6 Å². The van der Waals surface area contributed by atoms with Crippen LogP contribution in [-0.4, -0.2) is 33.0 Å². The first-order valence-electron chi connectivity index (χ1n) is 12.1. The van der Waals surface area contributed by atoms with E-state index in [2.05, 4.69) is 75.4 Å². The Morgan fingerprint density at radius 1 is 0.706 bits per heavy atom. The van der Waals surface area contributed by atoms with Crippen molar-refractivity contribution in [3.63, 3.8) is 0 Å². The summed E-state index contributed by atoms with van der Waals surface area (Å²) >= 11 is 0. The summed E-state index contributed by atoms with van der Waals surface area (Å²) in [6.07, 6.45) is 1.18. The molecule has 0 saturated heterocycles. The van der Waals surface area contributed by atoms with Crippen molar-refractivity contribution in [3.05, 3.63) is 71.3 Å². The zero-order valence-electron chi connectivity index (χ0n) is 23.1. The number of rotatable bonds is 3. The summed E-state index contributed by atoms with van der Waals surface area (Å²) in [5.74, 6) is -0.403. The lowest BCUT2D eigenvalue weighted by Crippen LogP contribution is -2.27. The Labute approximate surface area is 207 Å². The summed E-state index contributed by atoms with van der Waals surface area (Å²) in [6, 6.07) is 19.8. The highest BCUT2D eigenvalue weighted by Crippen LogP contribution is 2.52. The van der Waals surface area contributed by atoms with Gasteiger partial charge in [-0.15, -0.1) is 0 Å². The smallest absolute Gasteiger partial charge is 0.160 e. The van der Waals surface area contributed by atoms with Crippen molar-refractivity contribution in [1.29, 1.82) is 0 Å². The Morgan fingerprint density at radius 3 is 1.38 bits per heavy atom. The standard InChI is InChI=1S/C18H20.2C5H10O2.C2H6/c1-17(2)13-18(3,14-9-5-4-6-10-14)16-12-8-7-11-15(16)17;2*1-4(6)5(2,3)7;1-2/h4-12H,13H2,1-3H3;2*7H,1-3H3;1-2H3. The predicted octanol–water partition coefficient (Wildman–Crippen LogP) is 6.39. The van der Waals surface area contributed by atoms with Crippen molar-refractivity contribution in [3.8, 4) is 0 Å². The normalized spacial score (nSPS) is 18.0. The van der Waals surface area contributed by atoms with E-state index >= 15 is 0 Å². The first-order chi connectivity index (χ1) is 15.4. The molecule has 1 aliphatic rings. The number of Topliss-reactive ketones (excluding diaryl/α,β-unsaturated/α-hetero) is 2. The van der Waals surface area contributed by atoms with Crippen LogP contribution < -0.4 is 0 Å². The van der Waals surface area contributed by atoms with Crippen molar-refractivity contribution < 1.29 is 19.8 Å². The summed E-state index contributed by atoms with van der Waals surface area (Å²) in [6.45, 7) is 19.7. The fourth-order valence-corrected chi connectivity index (χ4v) is 3.69. The van der Waals surface area contributed by atoms with Gasteiger partial charge in [-0.3, -0.25) is 9.59 Å². The maximum absolute atomic E-state index is 10.2. The first-order valence-corrected chi connectivity index (χ1v) is 12.1. The van der Waals surface area contributed by atoms with E-state index in [1.54, 1.807) is 0 Å². The molecule has 0 aliphatic heterocycles. The highest BCUT2D eigenvalue weighted by atomic mass is 16.3. The van der Waals surface area contributed by atoms with Gasteiger partial charge >= 0.3 is 0 Å². The molecule has 4 heteroatoms. The number of fused-ring (bicyclic) bond motifs is 1. The van der Waals surface area contributed by atoms with Crippen LogP contribution in [0.1, 0.15) is 99.3 Å². The van der Waals surface area contributed by atoms with E-state index in [9.17, 15) is 9.59 Å². The molecule has 34 heavy (non-hydrogen) atoms.